The van der Waals surface area contributed by atoms with Gasteiger partial charge in [0.05, 0.1) is 13.1 Å². The van der Waals surface area contributed by atoms with Crippen molar-refractivity contribution in [1.82, 2.24) is 25.3 Å². The maximum atomic E-state index is 12.2. The molecule has 0 spiro atoms. The van der Waals surface area contributed by atoms with E-state index in [0.29, 0.717) is 31.3 Å². The molecule has 0 aliphatic carbocycles. The number of nitrogens with zero attached hydrogens (tertiary/aromatic N) is 4. The number of carbonyl (C=O) groups is 1. The van der Waals surface area contributed by atoms with Crippen LogP contribution in [-0.4, -0.2) is 58.6 Å². The largest absolute Gasteiger partial charge is 0.351 e. The first-order chi connectivity index (χ1) is 15.2. The summed E-state index contributed by atoms with van der Waals surface area (Å²) in [5, 5.41) is 7.13. The molecule has 3 aromatic rings. The van der Waals surface area contributed by atoms with E-state index in [0.717, 1.165) is 43.7 Å². The summed E-state index contributed by atoms with van der Waals surface area (Å²) < 4.78 is 5.46. The fourth-order valence-electron chi connectivity index (χ4n) is 3.68. The summed E-state index contributed by atoms with van der Waals surface area (Å²) in [6.07, 6.45) is 1.01. The van der Waals surface area contributed by atoms with Crippen LogP contribution in [-0.2, 0) is 24.3 Å². The number of hydrogen-bond acceptors (Lipinski definition) is 6. The Hall–Kier alpha value is -3.03. The molecule has 2 heterocycles. The molecule has 0 saturated carbocycles. The van der Waals surface area contributed by atoms with Gasteiger partial charge in [-0.3, -0.25) is 14.6 Å². The summed E-state index contributed by atoms with van der Waals surface area (Å²) >= 11 is 0. The van der Waals surface area contributed by atoms with Gasteiger partial charge >= 0.3 is 0 Å². The van der Waals surface area contributed by atoms with E-state index in [2.05, 4.69) is 44.3 Å². The van der Waals surface area contributed by atoms with Crippen molar-refractivity contribution in [3.63, 3.8) is 0 Å². The number of carbonyl (C=O) groups excluding carboxylic acids is 1. The number of piperazine rings is 1. The molecule has 2 aromatic carbocycles. The minimum absolute atomic E-state index is 0.0629. The maximum absolute atomic E-state index is 12.2. The van der Waals surface area contributed by atoms with Crippen LogP contribution in [0.5, 0.6) is 0 Å². The molecular formula is C24H29N5O2. The molecule has 0 radical (unpaired) electrons. The summed E-state index contributed by atoms with van der Waals surface area (Å²) in [4.78, 5) is 21.3. The van der Waals surface area contributed by atoms with Crippen molar-refractivity contribution < 1.29 is 9.32 Å². The van der Waals surface area contributed by atoms with Crippen LogP contribution in [0, 0.1) is 0 Å². The lowest BCUT2D eigenvalue weighted by atomic mass is 10.1. The molecule has 31 heavy (non-hydrogen) atoms. The average molecular weight is 420 g/mol. The Bertz CT molecular complexity index is 963. The first-order valence-electron chi connectivity index (χ1n) is 10.9. The van der Waals surface area contributed by atoms with Crippen molar-refractivity contribution >= 4 is 5.91 Å². The summed E-state index contributed by atoms with van der Waals surface area (Å²) in [5.41, 5.74) is 3.37. The zero-order valence-electron chi connectivity index (χ0n) is 18.0. The predicted octanol–water partition coefficient (Wildman–Crippen LogP) is 2.73. The van der Waals surface area contributed by atoms with Crippen LogP contribution in [0.15, 0.2) is 59.1 Å². The number of hydrogen-bond donors (Lipinski definition) is 1. The van der Waals surface area contributed by atoms with E-state index < -0.39 is 0 Å². The van der Waals surface area contributed by atoms with Gasteiger partial charge in [-0.25, -0.2) is 0 Å². The van der Waals surface area contributed by atoms with Crippen molar-refractivity contribution in [3.05, 3.63) is 71.6 Å². The quantitative estimate of drug-likeness (QED) is 0.605. The minimum Gasteiger partial charge on any atom is -0.351 e. The van der Waals surface area contributed by atoms with E-state index in [1.165, 1.54) is 5.56 Å². The zero-order chi connectivity index (χ0) is 21.5. The SMILES string of the molecule is CCc1ccc(-c2noc(CN3CCN(CC(=O)NCc4ccccc4)CC3)n2)cc1. The fraction of sp³-hybridized carbons (Fsp3) is 0.375. The fourth-order valence-corrected chi connectivity index (χ4v) is 3.68. The molecular weight excluding hydrogens is 390 g/mol. The van der Waals surface area contributed by atoms with Gasteiger partial charge in [0.1, 0.15) is 0 Å². The van der Waals surface area contributed by atoms with E-state index in [1.54, 1.807) is 0 Å². The number of aryl methyl sites for hydroxylation is 1. The van der Waals surface area contributed by atoms with Gasteiger partial charge in [-0.05, 0) is 17.5 Å². The zero-order valence-corrected chi connectivity index (χ0v) is 18.0. The van der Waals surface area contributed by atoms with Crippen molar-refractivity contribution in [3.8, 4) is 11.4 Å². The van der Waals surface area contributed by atoms with E-state index in [9.17, 15) is 4.79 Å². The van der Waals surface area contributed by atoms with Gasteiger partial charge < -0.3 is 9.84 Å². The highest BCUT2D eigenvalue weighted by Crippen LogP contribution is 2.18. The molecule has 1 amide bonds. The third-order valence-corrected chi connectivity index (χ3v) is 5.61. The van der Waals surface area contributed by atoms with Crippen LogP contribution in [0.1, 0.15) is 23.9 Å². The Morgan fingerprint density at radius 2 is 1.68 bits per heavy atom. The van der Waals surface area contributed by atoms with Gasteiger partial charge in [-0.1, -0.05) is 66.7 Å². The Morgan fingerprint density at radius 1 is 0.968 bits per heavy atom. The molecule has 0 bridgehead atoms. The summed E-state index contributed by atoms with van der Waals surface area (Å²) in [5.74, 6) is 1.32. The molecule has 4 rings (SSSR count). The third-order valence-electron chi connectivity index (χ3n) is 5.61. The van der Waals surface area contributed by atoms with Crippen molar-refractivity contribution in [2.24, 2.45) is 0 Å². The van der Waals surface area contributed by atoms with E-state index >= 15 is 0 Å². The van der Waals surface area contributed by atoms with Crippen LogP contribution < -0.4 is 5.32 Å². The second-order valence-corrected chi connectivity index (χ2v) is 7.88. The van der Waals surface area contributed by atoms with Crippen LogP contribution >= 0.6 is 0 Å². The number of nitrogens with one attached hydrogen (secondary N) is 1. The van der Waals surface area contributed by atoms with Crippen LogP contribution in [0.4, 0.5) is 0 Å². The Labute approximate surface area is 183 Å². The van der Waals surface area contributed by atoms with E-state index in [-0.39, 0.29) is 5.91 Å². The normalized spacial score (nSPS) is 15.1. The van der Waals surface area contributed by atoms with Gasteiger partial charge in [0, 0.05) is 38.3 Å². The van der Waals surface area contributed by atoms with E-state index in [4.69, 9.17) is 4.52 Å². The monoisotopic (exact) mass is 419 g/mol. The number of aromatic nitrogens is 2. The van der Waals surface area contributed by atoms with Crippen LogP contribution in [0.25, 0.3) is 11.4 Å². The van der Waals surface area contributed by atoms with Crippen molar-refractivity contribution in [1.29, 1.82) is 0 Å². The Balaban J connectivity index is 1.20. The molecule has 1 aliphatic rings. The molecule has 1 fully saturated rings. The molecule has 1 saturated heterocycles. The molecule has 162 valence electrons. The first kappa shape index (κ1) is 21.2. The average Bonchev–Trinajstić information content (AvgIpc) is 3.28. The molecule has 7 nitrogen and oxygen atoms in total. The molecule has 1 aliphatic heterocycles. The number of benzene rings is 2. The molecule has 1 N–H and O–H groups in total. The molecule has 7 heteroatoms. The highest BCUT2D eigenvalue weighted by Gasteiger charge is 2.21. The summed E-state index contributed by atoms with van der Waals surface area (Å²) in [7, 11) is 0. The topological polar surface area (TPSA) is 74.5 Å². The van der Waals surface area contributed by atoms with Gasteiger partial charge in [-0.2, -0.15) is 4.98 Å². The predicted molar refractivity (Wildman–Crippen MR) is 119 cm³/mol. The first-order valence-corrected chi connectivity index (χ1v) is 10.9. The van der Waals surface area contributed by atoms with E-state index in [1.807, 2.05) is 42.5 Å². The second kappa shape index (κ2) is 10.3. The Kier molecular flexibility index (Phi) is 7.07. The lowest BCUT2D eigenvalue weighted by molar-refractivity contribution is -0.122. The standard InChI is InChI=1S/C24H29N5O2/c1-2-19-8-10-21(11-9-19)24-26-23(31-27-24)18-29-14-12-28(13-15-29)17-22(30)25-16-20-6-4-3-5-7-20/h3-11H,2,12-18H2,1H3,(H,25,30). The number of rotatable bonds is 8. The Morgan fingerprint density at radius 3 is 2.39 bits per heavy atom. The molecule has 1 aromatic heterocycles. The minimum atomic E-state index is 0.0629. The maximum Gasteiger partial charge on any atom is 0.241 e. The number of amides is 1. The molecule has 0 unspecified atom stereocenters. The van der Waals surface area contributed by atoms with Gasteiger partial charge in [-0.15, -0.1) is 0 Å². The lowest BCUT2D eigenvalue weighted by Gasteiger charge is -2.33. The lowest BCUT2D eigenvalue weighted by Crippen LogP contribution is -2.49. The highest BCUT2D eigenvalue weighted by atomic mass is 16.5. The summed E-state index contributed by atoms with van der Waals surface area (Å²) in [6, 6.07) is 18.2. The van der Waals surface area contributed by atoms with Crippen LogP contribution in [0.3, 0.4) is 0 Å². The smallest absolute Gasteiger partial charge is 0.241 e. The summed E-state index contributed by atoms with van der Waals surface area (Å²) in [6.45, 7) is 7.20. The third kappa shape index (κ3) is 5.99. The second-order valence-electron chi connectivity index (χ2n) is 7.88. The van der Waals surface area contributed by atoms with Crippen molar-refractivity contribution in [2.45, 2.75) is 26.4 Å². The van der Waals surface area contributed by atoms with Crippen LogP contribution in [0.2, 0.25) is 0 Å². The van der Waals surface area contributed by atoms with Gasteiger partial charge in [0.2, 0.25) is 17.6 Å². The molecule has 0 atom stereocenters. The van der Waals surface area contributed by atoms with Gasteiger partial charge in [0.15, 0.2) is 0 Å². The van der Waals surface area contributed by atoms with Crippen molar-refractivity contribution in [2.75, 3.05) is 32.7 Å². The van der Waals surface area contributed by atoms with Gasteiger partial charge in [0.25, 0.3) is 0 Å². The highest BCUT2D eigenvalue weighted by molar-refractivity contribution is 5.78.